The number of carbonyl (C=O) groups excluding carboxylic acids is 1. The molecule has 3 aliphatic heterocycles. The lowest BCUT2D eigenvalue weighted by Gasteiger charge is -2.36. The molecule has 2 fully saturated rings. The lowest BCUT2D eigenvalue weighted by molar-refractivity contribution is 0.0916. The molecule has 0 unspecified atom stereocenters. The molecule has 4 heterocycles. The molecule has 0 spiro atoms. The summed E-state index contributed by atoms with van der Waals surface area (Å²) >= 11 is 0. The van der Waals surface area contributed by atoms with E-state index in [4.69, 9.17) is 14.7 Å². The van der Waals surface area contributed by atoms with Crippen LogP contribution >= 0.6 is 0 Å². The maximum absolute atomic E-state index is 12.8. The number of benzene rings is 1. The van der Waals surface area contributed by atoms with Crippen LogP contribution in [0.3, 0.4) is 0 Å². The molecular formula is C25H33N5O2. The van der Waals surface area contributed by atoms with Gasteiger partial charge < -0.3 is 19.4 Å². The third-order valence-corrected chi connectivity index (χ3v) is 6.78. The summed E-state index contributed by atoms with van der Waals surface area (Å²) in [4.78, 5) is 29.5. The van der Waals surface area contributed by atoms with Crippen LogP contribution in [0.2, 0.25) is 0 Å². The summed E-state index contributed by atoms with van der Waals surface area (Å²) in [6, 6.07) is 9.84. The molecule has 1 aromatic carbocycles. The second-order valence-corrected chi connectivity index (χ2v) is 9.08. The van der Waals surface area contributed by atoms with Crippen molar-refractivity contribution in [3.05, 3.63) is 47.2 Å². The number of carbonyl (C=O) groups is 1. The summed E-state index contributed by atoms with van der Waals surface area (Å²) in [5.41, 5.74) is 3.21. The predicted molar refractivity (Wildman–Crippen MR) is 125 cm³/mol. The first kappa shape index (κ1) is 21.0. The average molecular weight is 436 g/mol. The molecule has 0 atom stereocenters. The Kier molecular flexibility index (Phi) is 6.41. The number of aromatic nitrogens is 2. The summed E-state index contributed by atoms with van der Waals surface area (Å²) in [7, 11) is 0. The molecule has 0 bridgehead atoms. The van der Waals surface area contributed by atoms with Crippen molar-refractivity contribution in [2.24, 2.45) is 0 Å². The second kappa shape index (κ2) is 9.76. The Hall–Kier alpha value is -2.83. The molecule has 2 saturated heterocycles. The van der Waals surface area contributed by atoms with Crippen molar-refractivity contribution in [2.75, 3.05) is 42.5 Å². The standard InChI is InChI=1S/C25H33N5O2/c31-25(32-19-20-10-4-1-5-11-20)30-17-12-22-21(18-30)23(28-13-6-2-7-14-28)27-24(26-22)29-15-8-3-9-16-29/h1,4-5,10-11H,2-3,6-9,12-19H2. The van der Waals surface area contributed by atoms with Crippen molar-refractivity contribution in [1.82, 2.24) is 14.9 Å². The molecule has 0 aliphatic carbocycles. The molecule has 1 aromatic heterocycles. The van der Waals surface area contributed by atoms with Gasteiger partial charge in [-0.2, -0.15) is 4.98 Å². The van der Waals surface area contributed by atoms with E-state index in [2.05, 4.69) is 9.80 Å². The summed E-state index contributed by atoms with van der Waals surface area (Å²) < 4.78 is 5.61. The quantitative estimate of drug-likeness (QED) is 0.719. The number of rotatable bonds is 4. The van der Waals surface area contributed by atoms with E-state index in [1.165, 1.54) is 38.5 Å². The number of amides is 1. The summed E-state index contributed by atoms with van der Waals surface area (Å²) in [6.45, 7) is 5.59. The van der Waals surface area contributed by atoms with E-state index < -0.39 is 0 Å². The number of piperidine rings is 2. The Labute approximate surface area is 190 Å². The van der Waals surface area contributed by atoms with E-state index in [0.29, 0.717) is 19.7 Å². The van der Waals surface area contributed by atoms with Gasteiger partial charge in [-0.05, 0) is 44.1 Å². The fourth-order valence-electron chi connectivity index (χ4n) is 4.95. The van der Waals surface area contributed by atoms with E-state index in [1.807, 2.05) is 35.2 Å². The van der Waals surface area contributed by atoms with Crippen molar-refractivity contribution in [1.29, 1.82) is 0 Å². The molecule has 170 valence electrons. The minimum absolute atomic E-state index is 0.260. The molecule has 7 nitrogen and oxygen atoms in total. The monoisotopic (exact) mass is 435 g/mol. The van der Waals surface area contributed by atoms with Gasteiger partial charge in [0, 0.05) is 44.7 Å². The zero-order valence-electron chi connectivity index (χ0n) is 18.8. The van der Waals surface area contributed by atoms with Gasteiger partial charge in [-0.1, -0.05) is 30.3 Å². The van der Waals surface area contributed by atoms with Gasteiger partial charge in [-0.15, -0.1) is 0 Å². The van der Waals surface area contributed by atoms with Crippen molar-refractivity contribution in [2.45, 2.75) is 58.1 Å². The topological polar surface area (TPSA) is 61.8 Å². The van der Waals surface area contributed by atoms with Crippen LogP contribution in [-0.4, -0.2) is 53.7 Å². The highest BCUT2D eigenvalue weighted by Crippen LogP contribution is 2.31. The minimum atomic E-state index is -0.260. The van der Waals surface area contributed by atoms with Gasteiger partial charge in [0.05, 0.1) is 12.2 Å². The zero-order valence-corrected chi connectivity index (χ0v) is 18.8. The molecule has 3 aliphatic rings. The predicted octanol–water partition coefficient (Wildman–Crippen LogP) is 4.15. The van der Waals surface area contributed by atoms with Gasteiger partial charge in [-0.25, -0.2) is 9.78 Å². The molecule has 5 rings (SSSR count). The minimum Gasteiger partial charge on any atom is -0.445 e. The van der Waals surface area contributed by atoms with Crippen LogP contribution in [0.25, 0.3) is 0 Å². The van der Waals surface area contributed by atoms with Gasteiger partial charge in [0.15, 0.2) is 0 Å². The number of ether oxygens (including phenoxy) is 1. The number of hydrogen-bond acceptors (Lipinski definition) is 6. The average Bonchev–Trinajstić information content (AvgIpc) is 2.88. The SMILES string of the molecule is O=C(OCc1ccccc1)N1CCc2nc(N3CCCCC3)nc(N3CCCCC3)c2C1. The molecule has 1 amide bonds. The van der Waals surface area contributed by atoms with E-state index in [9.17, 15) is 4.79 Å². The van der Waals surface area contributed by atoms with Crippen LogP contribution in [-0.2, 0) is 24.3 Å². The van der Waals surface area contributed by atoms with Gasteiger partial charge in [0.25, 0.3) is 0 Å². The Balaban J connectivity index is 1.36. The fourth-order valence-corrected chi connectivity index (χ4v) is 4.95. The van der Waals surface area contributed by atoms with Gasteiger partial charge in [-0.3, -0.25) is 0 Å². The Morgan fingerprint density at radius 3 is 2.25 bits per heavy atom. The van der Waals surface area contributed by atoms with Crippen LogP contribution in [0.1, 0.15) is 55.3 Å². The highest BCUT2D eigenvalue weighted by atomic mass is 16.6. The smallest absolute Gasteiger partial charge is 0.410 e. The van der Waals surface area contributed by atoms with Crippen LogP contribution in [0.5, 0.6) is 0 Å². The number of hydrogen-bond donors (Lipinski definition) is 0. The van der Waals surface area contributed by atoms with E-state index in [0.717, 1.165) is 61.2 Å². The van der Waals surface area contributed by atoms with Crippen molar-refractivity contribution in [3.63, 3.8) is 0 Å². The molecule has 0 N–H and O–H groups in total. The fraction of sp³-hybridized carbons (Fsp3) is 0.560. The Morgan fingerprint density at radius 1 is 0.844 bits per heavy atom. The number of fused-ring (bicyclic) bond motifs is 1. The van der Waals surface area contributed by atoms with E-state index >= 15 is 0 Å². The van der Waals surface area contributed by atoms with Crippen molar-refractivity contribution < 1.29 is 9.53 Å². The van der Waals surface area contributed by atoms with Crippen LogP contribution < -0.4 is 9.80 Å². The normalized spacial score (nSPS) is 18.9. The molecule has 7 heteroatoms. The molecule has 0 saturated carbocycles. The van der Waals surface area contributed by atoms with Gasteiger partial charge in [0.2, 0.25) is 5.95 Å². The summed E-state index contributed by atoms with van der Waals surface area (Å²) in [6.07, 6.45) is 7.87. The first-order valence-corrected chi connectivity index (χ1v) is 12.1. The lowest BCUT2D eigenvalue weighted by atomic mass is 10.0. The van der Waals surface area contributed by atoms with Crippen LogP contribution in [0, 0.1) is 0 Å². The lowest BCUT2D eigenvalue weighted by Crippen LogP contribution is -2.40. The van der Waals surface area contributed by atoms with Crippen LogP contribution in [0.4, 0.5) is 16.6 Å². The highest BCUT2D eigenvalue weighted by molar-refractivity contribution is 5.69. The molecule has 32 heavy (non-hydrogen) atoms. The molecule has 2 aromatic rings. The molecule has 0 radical (unpaired) electrons. The van der Waals surface area contributed by atoms with Crippen molar-refractivity contribution in [3.8, 4) is 0 Å². The summed E-state index contributed by atoms with van der Waals surface area (Å²) in [5.74, 6) is 1.92. The summed E-state index contributed by atoms with van der Waals surface area (Å²) in [5, 5.41) is 0. The third-order valence-electron chi connectivity index (χ3n) is 6.78. The maximum atomic E-state index is 12.8. The number of nitrogens with zero attached hydrogens (tertiary/aromatic N) is 5. The van der Waals surface area contributed by atoms with Crippen molar-refractivity contribution >= 4 is 17.9 Å². The zero-order chi connectivity index (χ0) is 21.8. The van der Waals surface area contributed by atoms with Crippen LogP contribution in [0.15, 0.2) is 30.3 Å². The Bertz CT molecular complexity index is 923. The largest absolute Gasteiger partial charge is 0.445 e. The second-order valence-electron chi connectivity index (χ2n) is 9.08. The molecular weight excluding hydrogens is 402 g/mol. The Morgan fingerprint density at radius 2 is 1.53 bits per heavy atom. The number of anilines is 2. The third kappa shape index (κ3) is 4.66. The van der Waals surface area contributed by atoms with E-state index in [1.54, 1.807) is 0 Å². The first-order valence-electron chi connectivity index (χ1n) is 12.1. The maximum Gasteiger partial charge on any atom is 0.410 e. The van der Waals surface area contributed by atoms with Gasteiger partial charge in [0.1, 0.15) is 12.4 Å². The first-order chi connectivity index (χ1) is 15.8. The highest BCUT2D eigenvalue weighted by Gasteiger charge is 2.30. The van der Waals surface area contributed by atoms with E-state index in [-0.39, 0.29) is 6.09 Å². The van der Waals surface area contributed by atoms with Gasteiger partial charge >= 0.3 is 6.09 Å².